The monoisotopic (exact) mass is 518 g/mol. The Morgan fingerprint density at radius 2 is 1.78 bits per heavy atom. The van der Waals surface area contributed by atoms with Crippen LogP contribution in [-0.4, -0.2) is 43.8 Å². The average Bonchev–Trinajstić information content (AvgIpc) is 3.55. The van der Waals surface area contributed by atoms with Gasteiger partial charge in [0.25, 0.3) is 0 Å². The second kappa shape index (κ2) is 7.64. The van der Waals surface area contributed by atoms with Crippen molar-refractivity contribution >= 4 is 17.4 Å². The quantitative estimate of drug-likeness (QED) is 0.438. The van der Waals surface area contributed by atoms with E-state index in [9.17, 15) is 17.6 Å². The highest BCUT2D eigenvalue weighted by Crippen LogP contribution is 2.57. The van der Waals surface area contributed by atoms with Gasteiger partial charge in [0.2, 0.25) is 0 Å². The molecule has 1 aromatic carbocycles. The maximum atomic E-state index is 14.3. The van der Waals surface area contributed by atoms with Gasteiger partial charge in [0, 0.05) is 42.0 Å². The van der Waals surface area contributed by atoms with Crippen molar-refractivity contribution < 1.29 is 17.6 Å². The Bertz CT molecular complexity index is 1350. The maximum Gasteiger partial charge on any atom is 0.433 e. The van der Waals surface area contributed by atoms with Crippen LogP contribution in [0.2, 0.25) is 5.02 Å². The molecule has 188 valence electrons. The van der Waals surface area contributed by atoms with Crippen LogP contribution in [0.4, 0.5) is 23.4 Å². The number of pyridine rings is 1. The van der Waals surface area contributed by atoms with E-state index in [1.54, 1.807) is 4.90 Å². The molecule has 0 N–H and O–H groups in total. The zero-order valence-electron chi connectivity index (χ0n) is 19.3. The lowest BCUT2D eigenvalue weighted by Gasteiger charge is -2.59. The number of halogens is 5. The van der Waals surface area contributed by atoms with E-state index in [0.29, 0.717) is 30.2 Å². The first kappa shape index (κ1) is 22.5. The molecular weight excluding hydrogens is 496 g/mol. The molecule has 2 aliphatic heterocycles. The number of benzene rings is 1. The molecule has 0 radical (unpaired) electrons. The Kier molecular flexibility index (Phi) is 4.77. The van der Waals surface area contributed by atoms with Gasteiger partial charge in [-0.2, -0.15) is 13.2 Å². The number of hydrogen-bond donors (Lipinski definition) is 0. The van der Waals surface area contributed by atoms with Gasteiger partial charge >= 0.3 is 6.18 Å². The Morgan fingerprint density at radius 1 is 1.00 bits per heavy atom. The van der Waals surface area contributed by atoms with Crippen molar-refractivity contribution in [3.8, 4) is 5.69 Å². The number of alkyl halides is 3. The van der Waals surface area contributed by atoms with Gasteiger partial charge in [-0.3, -0.25) is 9.47 Å². The normalized spacial score (nSPS) is 21.5. The lowest BCUT2D eigenvalue weighted by Crippen LogP contribution is -2.62. The van der Waals surface area contributed by atoms with Gasteiger partial charge in [0.05, 0.1) is 12.2 Å². The third-order valence-corrected chi connectivity index (χ3v) is 8.25. The van der Waals surface area contributed by atoms with Crippen LogP contribution in [0.15, 0.2) is 30.3 Å². The molecule has 2 aliphatic carbocycles. The fraction of sp³-hybridized carbons (Fsp3) is 0.480. The van der Waals surface area contributed by atoms with Crippen LogP contribution in [0.5, 0.6) is 0 Å². The number of rotatable bonds is 3. The predicted molar refractivity (Wildman–Crippen MR) is 124 cm³/mol. The zero-order valence-corrected chi connectivity index (χ0v) is 20.0. The summed E-state index contributed by atoms with van der Waals surface area (Å²) < 4.78 is 55.6. The Hall–Kier alpha value is -2.72. The Labute approximate surface area is 209 Å². The zero-order chi connectivity index (χ0) is 24.8. The number of fused-ring (bicyclic) bond motifs is 3. The maximum absolute atomic E-state index is 14.3. The lowest BCUT2D eigenvalue weighted by molar-refractivity contribution is -0.141. The summed E-state index contributed by atoms with van der Waals surface area (Å²) in [6, 6.07) is 8.05. The molecule has 6 nitrogen and oxygen atoms in total. The minimum Gasteiger partial charge on any atom is -0.353 e. The smallest absolute Gasteiger partial charge is 0.353 e. The number of nitrogens with zero attached hydrogens (tertiary/aromatic N) is 6. The van der Waals surface area contributed by atoms with Gasteiger partial charge in [0.1, 0.15) is 11.5 Å². The first-order valence-corrected chi connectivity index (χ1v) is 12.5. The van der Waals surface area contributed by atoms with Crippen LogP contribution in [0, 0.1) is 11.2 Å². The molecule has 0 unspecified atom stereocenters. The standard InChI is InChI=1S/C25H23ClF4N6/c26-16-1-5-19-14(7-16)10-34(17-2-3-17)11-21-32-33-22(36(19)21)15-8-24(9-15)12-35(13-24)23-18(27)4-6-20(31-23)25(28,29)30/h1,4-7,15,17H,2-3,8-13H2. The lowest BCUT2D eigenvalue weighted by atomic mass is 9.57. The molecule has 4 aliphatic rings. The summed E-state index contributed by atoms with van der Waals surface area (Å²) in [6.07, 6.45) is -0.553. The largest absolute Gasteiger partial charge is 0.433 e. The summed E-state index contributed by atoms with van der Waals surface area (Å²) in [5, 5.41) is 9.86. The molecule has 1 saturated heterocycles. The van der Waals surface area contributed by atoms with Gasteiger partial charge in [-0.1, -0.05) is 11.6 Å². The van der Waals surface area contributed by atoms with Crippen LogP contribution in [0.1, 0.15) is 54.5 Å². The fourth-order valence-electron chi connectivity index (χ4n) is 6.16. The van der Waals surface area contributed by atoms with Gasteiger partial charge in [0.15, 0.2) is 17.5 Å². The van der Waals surface area contributed by atoms with Crippen molar-refractivity contribution in [2.75, 3.05) is 18.0 Å². The van der Waals surface area contributed by atoms with Crippen molar-refractivity contribution in [2.24, 2.45) is 5.41 Å². The van der Waals surface area contributed by atoms with E-state index in [-0.39, 0.29) is 17.2 Å². The molecule has 0 atom stereocenters. The van der Waals surface area contributed by atoms with Crippen LogP contribution < -0.4 is 4.90 Å². The molecule has 36 heavy (non-hydrogen) atoms. The van der Waals surface area contributed by atoms with E-state index >= 15 is 0 Å². The molecule has 2 saturated carbocycles. The SMILES string of the molecule is Fc1ccc(C(F)(F)F)nc1N1CC2(CC(c3nnc4n3-c3ccc(Cl)cc3CN(C3CC3)C4)C2)C1. The van der Waals surface area contributed by atoms with E-state index in [2.05, 4.69) is 24.6 Å². The summed E-state index contributed by atoms with van der Waals surface area (Å²) in [7, 11) is 0. The summed E-state index contributed by atoms with van der Waals surface area (Å²) in [6.45, 7) is 2.52. The third-order valence-electron chi connectivity index (χ3n) is 8.01. The van der Waals surface area contributed by atoms with E-state index in [1.165, 1.54) is 12.8 Å². The summed E-state index contributed by atoms with van der Waals surface area (Å²) >= 11 is 6.33. The molecule has 2 aromatic heterocycles. The first-order valence-electron chi connectivity index (χ1n) is 12.1. The third kappa shape index (κ3) is 3.60. The minimum absolute atomic E-state index is 0.0625. The average molecular weight is 519 g/mol. The number of aromatic nitrogens is 4. The van der Waals surface area contributed by atoms with Crippen molar-refractivity contribution in [2.45, 2.75) is 56.9 Å². The Morgan fingerprint density at radius 3 is 2.50 bits per heavy atom. The fourth-order valence-corrected chi connectivity index (χ4v) is 6.36. The van der Waals surface area contributed by atoms with Crippen LogP contribution in [0.25, 0.3) is 5.69 Å². The minimum atomic E-state index is -4.60. The van der Waals surface area contributed by atoms with Gasteiger partial charge < -0.3 is 4.90 Å². The van der Waals surface area contributed by atoms with Crippen molar-refractivity contribution in [3.63, 3.8) is 0 Å². The van der Waals surface area contributed by atoms with E-state index in [1.807, 2.05) is 18.2 Å². The van der Waals surface area contributed by atoms with E-state index in [4.69, 9.17) is 11.6 Å². The highest BCUT2D eigenvalue weighted by molar-refractivity contribution is 6.30. The summed E-state index contributed by atoms with van der Waals surface area (Å²) in [5.41, 5.74) is 1.08. The van der Waals surface area contributed by atoms with Crippen LogP contribution in [-0.2, 0) is 19.3 Å². The van der Waals surface area contributed by atoms with Crippen LogP contribution >= 0.6 is 11.6 Å². The molecule has 1 spiro atoms. The van der Waals surface area contributed by atoms with E-state index in [0.717, 1.165) is 54.9 Å². The highest BCUT2D eigenvalue weighted by atomic mass is 35.5. The second-order valence-electron chi connectivity index (χ2n) is 10.7. The molecule has 3 fully saturated rings. The molecule has 0 amide bonds. The molecule has 3 aromatic rings. The predicted octanol–water partition coefficient (Wildman–Crippen LogP) is 5.34. The van der Waals surface area contributed by atoms with Gasteiger partial charge in [-0.25, -0.2) is 9.37 Å². The van der Waals surface area contributed by atoms with Crippen LogP contribution in [0.3, 0.4) is 0 Å². The Balaban J connectivity index is 1.12. The molecule has 4 heterocycles. The summed E-state index contributed by atoms with van der Waals surface area (Å²) in [4.78, 5) is 7.62. The van der Waals surface area contributed by atoms with E-state index < -0.39 is 17.7 Å². The van der Waals surface area contributed by atoms with Gasteiger partial charge in [-0.05, 0) is 61.6 Å². The molecule has 0 bridgehead atoms. The number of hydrogen-bond acceptors (Lipinski definition) is 5. The molecule has 11 heteroatoms. The first-order chi connectivity index (χ1) is 17.2. The van der Waals surface area contributed by atoms with Crippen molar-refractivity contribution in [1.29, 1.82) is 0 Å². The molecular formula is C25H23ClF4N6. The van der Waals surface area contributed by atoms with Gasteiger partial charge in [-0.15, -0.1) is 10.2 Å². The number of anilines is 1. The topological polar surface area (TPSA) is 50.1 Å². The highest BCUT2D eigenvalue weighted by Gasteiger charge is 2.55. The second-order valence-corrected chi connectivity index (χ2v) is 11.1. The van der Waals surface area contributed by atoms with Crippen molar-refractivity contribution in [1.82, 2.24) is 24.6 Å². The summed E-state index contributed by atoms with van der Waals surface area (Å²) in [5.74, 6) is 1.07. The molecule has 7 rings (SSSR count). The van der Waals surface area contributed by atoms with Crippen molar-refractivity contribution in [3.05, 3.63) is 64.1 Å².